The number of hydrogen-bond acceptors (Lipinski definition) is 5. The third-order valence-corrected chi connectivity index (χ3v) is 5.30. The number of nitrogens with zero attached hydrogens (tertiary/aromatic N) is 1. The molecule has 0 spiro atoms. The van der Waals surface area contributed by atoms with E-state index in [1.807, 2.05) is 6.92 Å². The number of amides is 1. The van der Waals surface area contributed by atoms with E-state index in [2.05, 4.69) is 15.0 Å². The van der Waals surface area contributed by atoms with Gasteiger partial charge in [-0.2, -0.15) is 0 Å². The van der Waals surface area contributed by atoms with Gasteiger partial charge in [-0.25, -0.2) is 17.2 Å². The Morgan fingerprint density at radius 3 is 2.67 bits per heavy atom. The molecule has 152 valence electrons. The van der Waals surface area contributed by atoms with Gasteiger partial charge in [-0.05, 0) is 18.6 Å². The minimum absolute atomic E-state index is 0. The summed E-state index contributed by atoms with van der Waals surface area (Å²) in [5.41, 5.74) is 5.31. The number of carbonyl (C=O) groups is 1. The summed E-state index contributed by atoms with van der Waals surface area (Å²) in [5, 5.41) is 2.15. The van der Waals surface area contributed by atoms with Gasteiger partial charge in [0.05, 0.1) is 18.0 Å². The van der Waals surface area contributed by atoms with E-state index >= 15 is 0 Å². The quantitative estimate of drug-likeness (QED) is 0.585. The van der Waals surface area contributed by atoms with Crippen molar-refractivity contribution in [2.75, 3.05) is 13.1 Å². The van der Waals surface area contributed by atoms with Gasteiger partial charge in [0.2, 0.25) is 5.91 Å². The number of rotatable bonds is 8. The topological polar surface area (TPSA) is 114 Å². The molecule has 4 N–H and O–H groups in total. The van der Waals surface area contributed by atoms with Crippen molar-refractivity contribution in [3.05, 3.63) is 29.8 Å². The Morgan fingerprint density at radius 2 is 2.04 bits per heavy atom. The van der Waals surface area contributed by atoms with Crippen LogP contribution in [0.1, 0.15) is 31.7 Å². The zero-order valence-corrected chi connectivity index (χ0v) is 16.4. The molecule has 1 unspecified atom stereocenters. The van der Waals surface area contributed by atoms with Crippen LogP contribution in [0.3, 0.4) is 0 Å². The number of fused-ring (bicyclic) bond motifs is 1. The van der Waals surface area contributed by atoms with E-state index in [-0.39, 0.29) is 23.1 Å². The van der Waals surface area contributed by atoms with Crippen molar-refractivity contribution in [2.45, 2.75) is 43.0 Å². The van der Waals surface area contributed by atoms with E-state index < -0.39 is 41.0 Å². The second-order valence-corrected chi connectivity index (χ2v) is 7.67. The van der Waals surface area contributed by atoms with Crippen molar-refractivity contribution in [3.63, 3.8) is 0 Å². The van der Waals surface area contributed by atoms with Crippen LogP contribution in [0.5, 0.6) is 0 Å². The molecule has 0 saturated carbocycles. The first-order chi connectivity index (χ1) is 12.2. The van der Waals surface area contributed by atoms with Gasteiger partial charge in [0, 0.05) is 5.56 Å². The van der Waals surface area contributed by atoms with Crippen LogP contribution in [-0.4, -0.2) is 45.2 Å². The van der Waals surface area contributed by atoms with Crippen LogP contribution >= 0.6 is 12.4 Å². The van der Waals surface area contributed by atoms with Crippen LogP contribution in [0.25, 0.3) is 0 Å². The third-order valence-electron chi connectivity index (χ3n) is 3.90. The lowest BCUT2D eigenvalue weighted by Gasteiger charge is -2.18. The molecule has 0 radical (unpaired) electrons. The van der Waals surface area contributed by atoms with Crippen LogP contribution in [0.15, 0.2) is 34.2 Å². The Balaban J connectivity index is 0.00000364. The predicted molar refractivity (Wildman–Crippen MR) is 101 cm³/mol. The highest BCUT2D eigenvalue weighted by Crippen LogP contribution is 2.23. The molecule has 0 fully saturated rings. The van der Waals surface area contributed by atoms with Gasteiger partial charge in [0.1, 0.15) is 11.9 Å². The van der Waals surface area contributed by atoms with E-state index in [0.29, 0.717) is 18.4 Å². The summed E-state index contributed by atoms with van der Waals surface area (Å²) >= 11 is 0. The maximum absolute atomic E-state index is 13.3. The SMILES string of the molecule is CCCCC(N=C1NS(=O)(=O)c2ccccc21)C(=O)NCC(F)(F)CN.Cl. The molecule has 11 heteroatoms. The number of alkyl halides is 2. The first-order valence-electron chi connectivity index (χ1n) is 8.26. The number of amidine groups is 1. The van der Waals surface area contributed by atoms with Crippen LogP contribution in [-0.2, 0) is 14.8 Å². The van der Waals surface area contributed by atoms with Crippen LogP contribution in [0.4, 0.5) is 8.78 Å². The molecule has 1 aromatic carbocycles. The second kappa shape index (κ2) is 9.43. The lowest BCUT2D eigenvalue weighted by molar-refractivity contribution is -0.124. The lowest BCUT2D eigenvalue weighted by Crippen LogP contribution is -2.45. The Labute approximate surface area is 163 Å². The summed E-state index contributed by atoms with van der Waals surface area (Å²) < 4.78 is 53.1. The molecular formula is C16H23ClF2N4O3S. The highest BCUT2D eigenvalue weighted by atomic mass is 35.5. The molecule has 1 amide bonds. The fraction of sp³-hybridized carbons (Fsp3) is 0.500. The number of nitrogens with two attached hydrogens (primary N) is 1. The molecule has 0 aromatic heterocycles. The Morgan fingerprint density at radius 1 is 1.37 bits per heavy atom. The number of sulfonamides is 1. The van der Waals surface area contributed by atoms with Crippen LogP contribution in [0.2, 0.25) is 0 Å². The Kier molecular flexibility index (Phi) is 8.12. The summed E-state index contributed by atoms with van der Waals surface area (Å²) in [4.78, 5) is 16.6. The van der Waals surface area contributed by atoms with Crippen molar-refractivity contribution in [1.29, 1.82) is 0 Å². The predicted octanol–water partition coefficient (Wildman–Crippen LogP) is 1.42. The van der Waals surface area contributed by atoms with Gasteiger partial charge in [0.15, 0.2) is 0 Å². The molecule has 1 atom stereocenters. The average molecular weight is 425 g/mol. The zero-order valence-electron chi connectivity index (χ0n) is 14.7. The summed E-state index contributed by atoms with van der Waals surface area (Å²) in [6, 6.07) is 5.26. The van der Waals surface area contributed by atoms with Crippen molar-refractivity contribution in [3.8, 4) is 0 Å². The fourth-order valence-corrected chi connectivity index (χ4v) is 3.68. The maximum Gasteiger partial charge on any atom is 0.277 e. The fourth-order valence-electron chi connectivity index (χ4n) is 2.44. The second-order valence-electron chi connectivity index (χ2n) is 6.02. The molecule has 0 bridgehead atoms. The number of unbranched alkanes of at least 4 members (excludes halogenated alkanes) is 1. The minimum Gasteiger partial charge on any atom is -0.348 e. The van der Waals surface area contributed by atoms with Gasteiger partial charge < -0.3 is 11.1 Å². The highest BCUT2D eigenvalue weighted by Gasteiger charge is 2.33. The van der Waals surface area contributed by atoms with Gasteiger partial charge >= 0.3 is 0 Å². The molecule has 2 rings (SSSR count). The monoisotopic (exact) mass is 424 g/mol. The molecule has 27 heavy (non-hydrogen) atoms. The van der Waals surface area contributed by atoms with Crippen LogP contribution < -0.4 is 15.8 Å². The van der Waals surface area contributed by atoms with Crippen molar-refractivity contribution in [1.82, 2.24) is 10.0 Å². The standard InChI is InChI=1S/C16H22F2N4O3S.ClH/c1-2-3-7-12(15(23)20-10-16(17,18)9-19)21-14-11-6-4-5-8-13(11)26(24,25)22-14;/h4-6,8,12H,2-3,7,9-10,19H2,1H3,(H,20,23)(H,21,22);1H. The van der Waals surface area contributed by atoms with E-state index in [9.17, 15) is 22.0 Å². The van der Waals surface area contributed by atoms with Gasteiger partial charge in [0.25, 0.3) is 15.9 Å². The first-order valence-corrected chi connectivity index (χ1v) is 9.74. The van der Waals surface area contributed by atoms with Gasteiger partial charge in [-0.15, -0.1) is 12.4 Å². The van der Waals surface area contributed by atoms with Gasteiger partial charge in [-0.1, -0.05) is 31.9 Å². The zero-order chi connectivity index (χ0) is 19.4. The Hall–Kier alpha value is -1.78. The molecule has 7 nitrogen and oxygen atoms in total. The number of hydrogen-bond donors (Lipinski definition) is 3. The molecule has 0 aliphatic carbocycles. The summed E-state index contributed by atoms with van der Waals surface area (Å²) in [6.45, 7) is 0.144. The number of benzene rings is 1. The molecular weight excluding hydrogens is 402 g/mol. The van der Waals surface area contributed by atoms with E-state index in [1.54, 1.807) is 18.2 Å². The van der Waals surface area contributed by atoms with Crippen molar-refractivity contribution < 1.29 is 22.0 Å². The lowest BCUT2D eigenvalue weighted by atomic mass is 10.1. The number of halogens is 3. The van der Waals surface area contributed by atoms with Crippen molar-refractivity contribution in [2.24, 2.45) is 10.7 Å². The Bertz CT molecular complexity index is 803. The smallest absolute Gasteiger partial charge is 0.277 e. The molecule has 1 aromatic rings. The van der Waals surface area contributed by atoms with Gasteiger partial charge in [-0.3, -0.25) is 14.5 Å². The van der Waals surface area contributed by atoms with Crippen LogP contribution in [0, 0.1) is 0 Å². The number of carbonyl (C=O) groups excluding carboxylic acids is 1. The number of nitrogens with one attached hydrogen (secondary N) is 2. The van der Waals surface area contributed by atoms with E-state index in [0.717, 1.165) is 6.42 Å². The van der Waals surface area contributed by atoms with Crippen molar-refractivity contribution >= 4 is 34.2 Å². The first kappa shape index (κ1) is 23.3. The maximum atomic E-state index is 13.3. The highest BCUT2D eigenvalue weighted by molar-refractivity contribution is 7.90. The minimum atomic E-state index is -3.74. The molecule has 1 heterocycles. The largest absolute Gasteiger partial charge is 0.348 e. The number of aliphatic imine (C=N–C) groups is 1. The third kappa shape index (κ3) is 5.85. The molecule has 1 aliphatic rings. The molecule has 0 saturated heterocycles. The van der Waals surface area contributed by atoms with E-state index in [4.69, 9.17) is 5.73 Å². The normalized spacial score (nSPS) is 17.6. The average Bonchev–Trinajstić information content (AvgIpc) is 2.87. The summed E-state index contributed by atoms with van der Waals surface area (Å²) in [6.07, 6.45) is 1.72. The summed E-state index contributed by atoms with van der Waals surface area (Å²) in [5.74, 6) is -3.86. The summed E-state index contributed by atoms with van der Waals surface area (Å²) in [7, 11) is -3.74. The van der Waals surface area contributed by atoms with E-state index in [1.165, 1.54) is 6.07 Å². The molecule has 1 aliphatic heterocycles.